The Balaban J connectivity index is 1.59. The van der Waals surface area contributed by atoms with Gasteiger partial charge in [-0.15, -0.1) is 0 Å². The molecule has 2 heterocycles. The third-order valence-corrected chi connectivity index (χ3v) is 5.23. The van der Waals surface area contributed by atoms with Gasteiger partial charge in [0.05, 0.1) is 25.4 Å². The quantitative estimate of drug-likeness (QED) is 0.800. The number of halogens is 1. The summed E-state index contributed by atoms with van der Waals surface area (Å²) in [4.78, 5) is 14.5. The van der Waals surface area contributed by atoms with Crippen LogP contribution in [-0.2, 0) is 9.53 Å². The predicted octanol–water partition coefficient (Wildman–Crippen LogP) is 1.67. The van der Waals surface area contributed by atoms with Crippen LogP contribution in [0.4, 0.5) is 5.69 Å². The first-order valence-corrected chi connectivity index (χ1v) is 9.13. The average molecular weight is 368 g/mol. The summed E-state index contributed by atoms with van der Waals surface area (Å²) < 4.78 is 11.0. The number of benzene rings is 1. The van der Waals surface area contributed by atoms with Crippen LogP contribution in [0.15, 0.2) is 18.2 Å². The van der Waals surface area contributed by atoms with Gasteiger partial charge in [0.15, 0.2) is 0 Å². The fraction of sp³-hybridized carbons (Fsp3) is 0.611. The lowest BCUT2D eigenvalue weighted by Gasteiger charge is -2.37. The molecule has 1 saturated heterocycles. The van der Waals surface area contributed by atoms with E-state index in [9.17, 15) is 4.79 Å². The Hall–Kier alpha value is -1.50. The van der Waals surface area contributed by atoms with Crippen LogP contribution in [0.2, 0.25) is 5.02 Å². The molecule has 0 bridgehead atoms. The number of hydrogen-bond acceptors (Lipinski definition) is 5. The third kappa shape index (κ3) is 4.57. The molecule has 25 heavy (non-hydrogen) atoms. The van der Waals surface area contributed by atoms with E-state index in [1.165, 1.54) is 0 Å². The third-order valence-electron chi connectivity index (χ3n) is 4.99. The van der Waals surface area contributed by atoms with Gasteiger partial charge in [-0.3, -0.25) is 4.79 Å². The predicted molar refractivity (Wildman–Crippen MR) is 98.6 cm³/mol. The van der Waals surface area contributed by atoms with Crippen LogP contribution in [0.5, 0.6) is 5.75 Å². The van der Waals surface area contributed by atoms with Crippen molar-refractivity contribution < 1.29 is 14.3 Å². The standard InChI is InChI=1S/C18H26ClN3O3/c1-24-13-18(4-6-20-7-5-18)12-21-17(23)11-22-8-9-25-16-3-2-14(19)10-15(16)22/h2-3,10,20H,4-9,11-13H2,1H3,(H,21,23). The number of rotatable bonds is 6. The molecule has 1 aromatic rings. The molecule has 0 radical (unpaired) electrons. The zero-order valence-electron chi connectivity index (χ0n) is 14.6. The Morgan fingerprint density at radius 2 is 2.24 bits per heavy atom. The van der Waals surface area contributed by atoms with E-state index in [1.807, 2.05) is 17.0 Å². The Labute approximate surface area is 153 Å². The molecule has 1 fully saturated rings. The van der Waals surface area contributed by atoms with E-state index in [2.05, 4.69) is 10.6 Å². The number of ether oxygens (including phenoxy) is 2. The maximum atomic E-state index is 12.5. The smallest absolute Gasteiger partial charge is 0.239 e. The number of fused-ring (bicyclic) bond motifs is 1. The van der Waals surface area contributed by atoms with Crippen molar-refractivity contribution in [3.8, 4) is 5.75 Å². The fourth-order valence-corrected chi connectivity index (χ4v) is 3.73. The van der Waals surface area contributed by atoms with E-state index >= 15 is 0 Å². The van der Waals surface area contributed by atoms with E-state index in [0.29, 0.717) is 37.9 Å². The molecule has 0 unspecified atom stereocenters. The molecule has 1 aromatic carbocycles. The van der Waals surface area contributed by atoms with Crippen LogP contribution in [0.25, 0.3) is 0 Å². The molecule has 0 atom stereocenters. The maximum Gasteiger partial charge on any atom is 0.239 e. The minimum atomic E-state index is 0.0156. The Kier molecular flexibility index (Phi) is 6.04. The van der Waals surface area contributed by atoms with Gasteiger partial charge < -0.3 is 25.0 Å². The molecule has 0 aliphatic carbocycles. The molecule has 3 rings (SSSR count). The van der Waals surface area contributed by atoms with E-state index in [-0.39, 0.29) is 11.3 Å². The monoisotopic (exact) mass is 367 g/mol. The number of hydrogen-bond donors (Lipinski definition) is 2. The second-order valence-electron chi connectivity index (χ2n) is 6.84. The topological polar surface area (TPSA) is 62.8 Å². The molecule has 2 aliphatic heterocycles. The zero-order valence-corrected chi connectivity index (χ0v) is 15.4. The van der Waals surface area contributed by atoms with Crippen molar-refractivity contribution in [3.63, 3.8) is 0 Å². The summed E-state index contributed by atoms with van der Waals surface area (Å²) in [6.07, 6.45) is 2.02. The van der Waals surface area contributed by atoms with Gasteiger partial charge in [0.2, 0.25) is 5.91 Å². The van der Waals surface area contributed by atoms with Crippen molar-refractivity contribution in [3.05, 3.63) is 23.2 Å². The lowest BCUT2D eigenvalue weighted by molar-refractivity contribution is -0.120. The van der Waals surface area contributed by atoms with Gasteiger partial charge in [0, 0.05) is 24.1 Å². The molecule has 138 valence electrons. The summed E-state index contributed by atoms with van der Waals surface area (Å²) in [5, 5.41) is 7.12. The molecule has 0 spiro atoms. The number of anilines is 1. The van der Waals surface area contributed by atoms with Crippen LogP contribution in [0.3, 0.4) is 0 Å². The van der Waals surface area contributed by atoms with Crippen molar-refractivity contribution in [2.45, 2.75) is 12.8 Å². The second-order valence-corrected chi connectivity index (χ2v) is 7.28. The van der Waals surface area contributed by atoms with Crippen LogP contribution < -0.4 is 20.3 Å². The number of carbonyl (C=O) groups is 1. The Bertz CT molecular complexity index is 600. The second kappa shape index (κ2) is 8.25. The maximum absolute atomic E-state index is 12.5. The highest BCUT2D eigenvalue weighted by Crippen LogP contribution is 2.34. The first-order valence-electron chi connectivity index (χ1n) is 8.76. The first-order chi connectivity index (χ1) is 12.1. The van der Waals surface area contributed by atoms with Crippen molar-refractivity contribution >= 4 is 23.2 Å². The van der Waals surface area contributed by atoms with Gasteiger partial charge in [0.1, 0.15) is 12.4 Å². The minimum absolute atomic E-state index is 0.0156. The lowest BCUT2D eigenvalue weighted by Crippen LogP contribution is -2.49. The first kappa shape index (κ1) is 18.3. The SMILES string of the molecule is COCC1(CNC(=O)CN2CCOc3ccc(Cl)cc32)CCNCC1. The van der Waals surface area contributed by atoms with Gasteiger partial charge >= 0.3 is 0 Å². The molecule has 2 aliphatic rings. The van der Waals surface area contributed by atoms with Crippen LogP contribution >= 0.6 is 11.6 Å². The van der Waals surface area contributed by atoms with Gasteiger partial charge in [-0.1, -0.05) is 11.6 Å². The van der Waals surface area contributed by atoms with Crippen molar-refractivity contribution in [1.82, 2.24) is 10.6 Å². The molecule has 7 heteroatoms. The van der Waals surface area contributed by atoms with Crippen molar-refractivity contribution in [2.24, 2.45) is 5.41 Å². The number of carbonyl (C=O) groups excluding carboxylic acids is 1. The number of methoxy groups -OCH3 is 1. The normalized spacial score (nSPS) is 19.0. The number of amides is 1. The van der Waals surface area contributed by atoms with Crippen LogP contribution in [0, 0.1) is 5.41 Å². The molecule has 1 amide bonds. The summed E-state index contributed by atoms with van der Waals surface area (Å²) in [6.45, 7) is 4.80. The van der Waals surface area contributed by atoms with Gasteiger partial charge in [0.25, 0.3) is 0 Å². The molecule has 0 saturated carbocycles. The summed E-state index contributed by atoms with van der Waals surface area (Å²) in [5.74, 6) is 0.791. The zero-order chi connectivity index (χ0) is 17.7. The molecular formula is C18H26ClN3O3. The van der Waals surface area contributed by atoms with Crippen molar-refractivity contribution in [1.29, 1.82) is 0 Å². The molecule has 0 aromatic heterocycles. The lowest BCUT2D eigenvalue weighted by atomic mass is 9.79. The summed E-state index contributed by atoms with van der Waals surface area (Å²) in [5.41, 5.74) is 0.907. The summed E-state index contributed by atoms with van der Waals surface area (Å²) in [6, 6.07) is 5.50. The van der Waals surface area contributed by atoms with Crippen LogP contribution in [-0.4, -0.2) is 59.0 Å². The number of piperidine rings is 1. The van der Waals surface area contributed by atoms with Gasteiger partial charge in [-0.25, -0.2) is 0 Å². The van der Waals surface area contributed by atoms with Crippen molar-refractivity contribution in [2.75, 3.05) is 57.9 Å². The fourth-order valence-electron chi connectivity index (χ4n) is 3.56. The molecule has 2 N–H and O–H groups in total. The summed E-state index contributed by atoms with van der Waals surface area (Å²) >= 11 is 6.09. The molecule has 6 nitrogen and oxygen atoms in total. The largest absolute Gasteiger partial charge is 0.490 e. The highest BCUT2D eigenvalue weighted by molar-refractivity contribution is 6.31. The van der Waals surface area contributed by atoms with E-state index < -0.39 is 0 Å². The minimum Gasteiger partial charge on any atom is -0.490 e. The average Bonchev–Trinajstić information content (AvgIpc) is 2.62. The highest BCUT2D eigenvalue weighted by Gasteiger charge is 2.32. The molecular weight excluding hydrogens is 342 g/mol. The Morgan fingerprint density at radius 3 is 3.00 bits per heavy atom. The van der Waals surface area contributed by atoms with Crippen LogP contribution in [0.1, 0.15) is 12.8 Å². The van der Waals surface area contributed by atoms with E-state index in [4.69, 9.17) is 21.1 Å². The van der Waals surface area contributed by atoms with Gasteiger partial charge in [-0.05, 0) is 44.1 Å². The summed E-state index contributed by atoms with van der Waals surface area (Å²) in [7, 11) is 1.72. The van der Waals surface area contributed by atoms with E-state index in [1.54, 1.807) is 13.2 Å². The van der Waals surface area contributed by atoms with Gasteiger partial charge in [-0.2, -0.15) is 0 Å². The number of nitrogens with zero attached hydrogens (tertiary/aromatic N) is 1. The number of nitrogens with one attached hydrogen (secondary N) is 2. The Morgan fingerprint density at radius 1 is 1.44 bits per heavy atom. The van der Waals surface area contributed by atoms with E-state index in [0.717, 1.165) is 37.4 Å². The highest BCUT2D eigenvalue weighted by atomic mass is 35.5.